The van der Waals surface area contributed by atoms with Gasteiger partial charge in [-0.2, -0.15) is 5.26 Å². The number of aliphatic carboxylic acids is 1. The Morgan fingerprint density at radius 3 is 2.71 bits per heavy atom. The van der Waals surface area contributed by atoms with Gasteiger partial charge in [-0.05, 0) is 19.2 Å². The third-order valence-electron chi connectivity index (χ3n) is 3.05. The number of amides is 1. The molecule has 0 aliphatic heterocycles. The number of benzene rings is 1. The highest BCUT2D eigenvalue weighted by Crippen LogP contribution is 2.13. The number of rotatable bonds is 7. The molecule has 21 heavy (non-hydrogen) atoms. The highest BCUT2D eigenvalue weighted by atomic mass is 16.4. The van der Waals surface area contributed by atoms with Crippen LogP contribution in [0.5, 0.6) is 0 Å². The van der Waals surface area contributed by atoms with E-state index in [9.17, 15) is 9.59 Å². The number of anilines is 1. The van der Waals surface area contributed by atoms with Crippen molar-refractivity contribution in [3.63, 3.8) is 0 Å². The molecule has 1 aromatic carbocycles. The first-order valence-electron chi connectivity index (χ1n) is 6.64. The van der Waals surface area contributed by atoms with Gasteiger partial charge in [0.15, 0.2) is 0 Å². The third kappa shape index (κ3) is 5.63. The molecule has 0 saturated heterocycles. The lowest BCUT2D eigenvalue weighted by Crippen LogP contribution is -2.31. The number of para-hydroxylation sites is 1. The van der Waals surface area contributed by atoms with Gasteiger partial charge >= 0.3 is 5.97 Å². The molecule has 1 atom stereocenters. The minimum Gasteiger partial charge on any atom is -0.481 e. The largest absolute Gasteiger partial charge is 0.481 e. The molecule has 0 fully saturated rings. The third-order valence-corrected chi connectivity index (χ3v) is 3.05. The van der Waals surface area contributed by atoms with E-state index in [2.05, 4.69) is 5.32 Å². The van der Waals surface area contributed by atoms with E-state index in [0.29, 0.717) is 24.3 Å². The van der Waals surface area contributed by atoms with E-state index in [1.807, 2.05) is 6.07 Å². The Balaban J connectivity index is 2.44. The average Bonchev–Trinajstić information content (AvgIpc) is 2.45. The Hall–Kier alpha value is -2.39. The van der Waals surface area contributed by atoms with Gasteiger partial charge in [0.2, 0.25) is 5.91 Å². The van der Waals surface area contributed by atoms with E-state index in [-0.39, 0.29) is 12.3 Å². The molecule has 6 heteroatoms. The summed E-state index contributed by atoms with van der Waals surface area (Å²) in [6, 6.07) is 8.80. The fraction of sp³-hybridized carbons (Fsp3) is 0.400. The highest BCUT2D eigenvalue weighted by Gasteiger charge is 2.14. The van der Waals surface area contributed by atoms with Crippen LogP contribution in [-0.4, -0.2) is 42.0 Å². The Morgan fingerprint density at radius 1 is 1.43 bits per heavy atom. The molecule has 1 amide bonds. The van der Waals surface area contributed by atoms with Crippen LogP contribution in [0.2, 0.25) is 0 Å². The number of carboxylic acids is 1. The van der Waals surface area contributed by atoms with Crippen LogP contribution in [0.3, 0.4) is 0 Å². The van der Waals surface area contributed by atoms with Crippen molar-refractivity contribution >= 4 is 17.6 Å². The topological polar surface area (TPSA) is 93.4 Å². The molecule has 0 aliphatic carbocycles. The lowest BCUT2D eigenvalue weighted by atomic mass is 10.1. The van der Waals surface area contributed by atoms with Crippen molar-refractivity contribution in [1.82, 2.24) is 4.90 Å². The van der Waals surface area contributed by atoms with Crippen LogP contribution in [0.4, 0.5) is 5.69 Å². The summed E-state index contributed by atoms with van der Waals surface area (Å²) in [6.07, 6.45) is 0.239. The summed E-state index contributed by atoms with van der Waals surface area (Å²) >= 11 is 0. The second kappa shape index (κ2) is 8.02. The van der Waals surface area contributed by atoms with Crippen molar-refractivity contribution in [1.29, 1.82) is 5.26 Å². The Kier molecular flexibility index (Phi) is 6.37. The van der Waals surface area contributed by atoms with Gasteiger partial charge in [0.05, 0.1) is 17.2 Å². The molecule has 2 N–H and O–H groups in total. The van der Waals surface area contributed by atoms with Gasteiger partial charge in [-0.15, -0.1) is 0 Å². The molecular weight excluding hydrogens is 270 g/mol. The molecule has 0 spiro atoms. The number of carbonyl (C=O) groups is 2. The first kappa shape index (κ1) is 16.7. The van der Waals surface area contributed by atoms with Crippen molar-refractivity contribution < 1.29 is 14.7 Å². The SMILES string of the molecule is CC(CN(C)CCC(=O)Nc1ccccc1C#N)C(=O)O. The second-order valence-electron chi connectivity index (χ2n) is 4.96. The van der Waals surface area contributed by atoms with Crippen LogP contribution in [0.15, 0.2) is 24.3 Å². The minimum atomic E-state index is -0.853. The zero-order valence-corrected chi connectivity index (χ0v) is 12.2. The summed E-state index contributed by atoms with van der Waals surface area (Å²) in [4.78, 5) is 24.4. The first-order chi connectivity index (χ1) is 9.93. The Morgan fingerprint density at radius 2 is 2.10 bits per heavy atom. The van der Waals surface area contributed by atoms with E-state index in [4.69, 9.17) is 10.4 Å². The van der Waals surface area contributed by atoms with Gasteiger partial charge in [0.1, 0.15) is 6.07 Å². The summed E-state index contributed by atoms with van der Waals surface area (Å²) in [6.45, 7) is 2.47. The predicted octanol–water partition coefficient (Wildman–Crippen LogP) is 1.54. The number of hydrogen-bond donors (Lipinski definition) is 2. The normalized spacial score (nSPS) is 11.7. The van der Waals surface area contributed by atoms with Gasteiger partial charge < -0.3 is 15.3 Å². The zero-order chi connectivity index (χ0) is 15.8. The lowest BCUT2D eigenvalue weighted by Gasteiger charge is -2.18. The minimum absolute atomic E-state index is 0.201. The molecule has 0 radical (unpaired) electrons. The Labute approximate surface area is 124 Å². The van der Waals surface area contributed by atoms with Crippen LogP contribution in [-0.2, 0) is 9.59 Å². The molecule has 0 saturated carbocycles. The fourth-order valence-electron chi connectivity index (χ4n) is 1.83. The maximum absolute atomic E-state index is 11.8. The molecule has 0 aromatic heterocycles. The molecule has 112 valence electrons. The number of nitrogens with zero attached hydrogens (tertiary/aromatic N) is 2. The summed E-state index contributed by atoms with van der Waals surface area (Å²) in [5.74, 6) is -1.53. The van der Waals surface area contributed by atoms with Gasteiger partial charge in [-0.25, -0.2) is 0 Å². The summed E-state index contributed by atoms with van der Waals surface area (Å²) in [7, 11) is 1.77. The number of nitrogens with one attached hydrogen (secondary N) is 1. The van der Waals surface area contributed by atoms with Crippen LogP contribution >= 0.6 is 0 Å². The predicted molar refractivity (Wildman–Crippen MR) is 78.7 cm³/mol. The van der Waals surface area contributed by atoms with Crippen molar-refractivity contribution in [3.8, 4) is 6.07 Å². The van der Waals surface area contributed by atoms with Crippen molar-refractivity contribution in [2.75, 3.05) is 25.5 Å². The maximum atomic E-state index is 11.8. The first-order valence-corrected chi connectivity index (χ1v) is 6.64. The summed E-state index contributed by atoms with van der Waals surface area (Å²) in [5.41, 5.74) is 0.908. The number of nitriles is 1. The molecule has 0 bridgehead atoms. The van der Waals surface area contributed by atoms with Crippen LogP contribution < -0.4 is 5.32 Å². The molecule has 0 aliphatic rings. The zero-order valence-electron chi connectivity index (χ0n) is 12.2. The van der Waals surface area contributed by atoms with E-state index in [1.54, 1.807) is 43.1 Å². The Bertz CT molecular complexity index is 551. The van der Waals surface area contributed by atoms with Gasteiger partial charge in [-0.1, -0.05) is 19.1 Å². The quantitative estimate of drug-likeness (QED) is 0.794. The molecule has 6 nitrogen and oxygen atoms in total. The molecule has 0 heterocycles. The lowest BCUT2D eigenvalue weighted by molar-refractivity contribution is -0.141. The number of carbonyl (C=O) groups excluding carboxylic acids is 1. The fourth-order valence-corrected chi connectivity index (χ4v) is 1.83. The van der Waals surface area contributed by atoms with E-state index in [0.717, 1.165) is 0 Å². The van der Waals surface area contributed by atoms with Crippen LogP contribution in [0.25, 0.3) is 0 Å². The average molecular weight is 289 g/mol. The van der Waals surface area contributed by atoms with Crippen molar-refractivity contribution in [2.45, 2.75) is 13.3 Å². The summed E-state index contributed by atoms with van der Waals surface area (Å²) in [5, 5.41) is 20.4. The van der Waals surface area contributed by atoms with E-state index >= 15 is 0 Å². The molecule has 1 unspecified atom stereocenters. The van der Waals surface area contributed by atoms with Crippen LogP contribution in [0.1, 0.15) is 18.9 Å². The molecule has 1 rings (SSSR count). The van der Waals surface area contributed by atoms with E-state index in [1.165, 1.54) is 0 Å². The highest BCUT2D eigenvalue weighted by molar-refractivity contribution is 5.92. The maximum Gasteiger partial charge on any atom is 0.307 e. The van der Waals surface area contributed by atoms with Gasteiger partial charge in [0, 0.05) is 19.5 Å². The van der Waals surface area contributed by atoms with E-state index < -0.39 is 11.9 Å². The standard InChI is InChI=1S/C15H19N3O3/c1-11(15(20)21)10-18(2)8-7-14(19)17-13-6-4-3-5-12(13)9-16/h3-6,11H,7-8,10H2,1-2H3,(H,17,19)(H,20,21). The van der Waals surface area contributed by atoms with Gasteiger partial charge in [0.25, 0.3) is 0 Å². The molecule has 1 aromatic rings. The van der Waals surface area contributed by atoms with Crippen LogP contribution in [0, 0.1) is 17.2 Å². The van der Waals surface area contributed by atoms with Crippen molar-refractivity contribution in [2.24, 2.45) is 5.92 Å². The summed E-state index contributed by atoms with van der Waals surface area (Å²) < 4.78 is 0. The second-order valence-corrected chi connectivity index (χ2v) is 4.96. The number of hydrogen-bond acceptors (Lipinski definition) is 4. The van der Waals surface area contributed by atoms with Gasteiger partial charge in [-0.3, -0.25) is 9.59 Å². The van der Waals surface area contributed by atoms with Crippen molar-refractivity contribution in [3.05, 3.63) is 29.8 Å². The monoisotopic (exact) mass is 289 g/mol. The smallest absolute Gasteiger partial charge is 0.307 e. The molecular formula is C15H19N3O3. The number of carboxylic acid groups (broad SMARTS) is 1.